The quantitative estimate of drug-likeness (QED) is 0.677. The molecule has 0 atom stereocenters. The molecule has 0 aliphatic rings. The fraction of sp³-hybridized carbons (Fsp3) is 0.188. The van der Waals surface area contributed by atoms with Gasteiger partial charge in [-0.15, -0.1) is 0 Å². The maximum atomic E-state index is 13.2. The molecule has 0 spiro atoms. The van der Waals surface area contributed by atoms with Gasteiger partial charge in [-0.3, -0.25) is 14.2 Å². The Hall–Kier alpha value is -2.19. The molecule has 0 aliphatic heterocycles. The van der Waals surface area contributed by atoms with Crippen LogP contribution >= 0.6 is 27.5 Å². The molecule has 2 heterocycles. The monoisotopic (exact) mass is 425 g/mol. The number of hydrogen-bond donors (Lipinski definition) is 1. The first-order chi connectivity index (χ1) is 11.9. The van der Waals surface area contributed by atoms with Crippen molar-refractivity contribution >= 4 is 39.3 Å². The second-order valence-corrected chi connectivity index (χ2v) is 6.72. The highest BCUT2D eigenvalue weighted by Crippen LogP contribution is 2.20. The fourth-order valence-corrected chi connectivity index (χ4v) is 2.79. The third kappa shape index (κ3) is 4.46. The Labute approximate surface area is 156 Å². The Morgan fingerprint density at radius 2 is 2.12 bits per heavy atom. The Morgan fingerprint density at radius 1 is 1.32 bits per heavy atom. The lowest BCUT2D eigenvalue weighted by molar-refractivity contribution is -0.116. The molecule has 25 heavy (non-hydrogen) atoms. The molecule has 0 aliphatic carbocycles. The predicted molar refractivity (Wildman–Crippen MR) is 96.0 cm³/mol. The van der Waals surface area contributed by atoms with Crippen molar-refractivity contribution in [2.75, 3.05) is 5.32 Å². The highest BCUT2D eigenvalue weighted by atomic mass is 79.9. The minimum Gasteiger partial charge on any atom is -0.306 e. The average molecular weight is 427 g/mol. The van der Waals surface area contributed by atoms with Crippen LogP contribution in [-0.2, 0) is 17.9 Å². The molecule has 1 aromatic carbocycles. The van der Waals surface area contributed by atoms with E-state index in [-0.39, 0.29) is 24.1 Å². The maximum Gasteiger partial charge on any atom is 0.247 e. The van der Waals surface area contributed by atoms with E-state index in [4.69, 9.17) is 11.6 Å². The van der Waals surface area contributed by atoms with Crippen LogP contribution in [-0.4, -0.2) is 25.5 Å². The maximum absolute atomic E-state index is 13.2. The van der Waals surface area contributed by atoms with E-state index in [0.717, 1.165) is 15.7 Å². The van der Waals surface area contributed by atoms with Gasteiger partial charge in [0.25, 0.3) is 0 Å². The second-order valence-electron chi connectivity index (χ2n) is 5.46. The summed E-state index contributed by atoms with van der Waals surface area (Å²) in [4.78, 5) is 12.1. The van der Waals surface area contributed by atoms with Crippen LogP contribution in [0.15, 0.2) is 41.1 Å². The molecule has 3 rings (SSSR count). The zero-order chi connectivity index (χ0) is 18.0. The molecule has 0 bridgehead atoms. The molecule has 3 aromatic rings. The van der Waals surface area contributed by atoms with Crippen molar-refractivity contribution in [2.24, 2.45) is 0 Å². The molecule has 130 valence electrons. The van der Waals surface area contributed by atoms with Gasteiger partial charge in [-0.2, -0.15) is 10.2 Å². The molecular formula is C16H14BrClFN5O. The number of anilines is 1. The van der Waals surface area contributed by atoms with E-state index in [0.29, 0.717) is 11.6 Å². The minimum atomic E-state index is -0.315. The van der Waals surface area contributed by atoms with Gasteiger partial charge in [-0.25, -0.2) is 4.39 Å². The molecule has 1 amide bonds. The zero-order valence-corrected chi connectivity index (χ0v) is 15.6. The summed E-state index contributed by atoms with van der Waals surface area (Å²) in [5.41, 5.74) is 1.54. The van der Waals surface area contributed by atoms with E-state index in [9.17, 15) is 9.18 Å². The Bertz CT molecular complexity index is 904. The van der Waals surface area contributed by atoms with Gasteiger partial charge in [0.2, 0.25) is 5.91 Å². The highest BCUT2D eigenvalue weighted by molar-refractivity contribution is 9.10. The molecule has 9 heteroatoms. The van der Waals surface area contributed by atoms with Crippen molar-refractivity contribution in [3.63, 3.8) is 0 Å². The number of halogens is 3. The third-order valence-electron chi connectivity index (χ3n) is 3.40. The lowest BCUT2D eigenvalue weighted by Crippen LogP contribution is -2.19. The van der Waals surface area contributed by atoms with Gasteiger partial charge in [0.15, 0.2) is 5.82 Å². The molecular weight excluding hydrogens is 413 g/mol. The van der Waals surface area contributed by atoms with Crippen molar-refractivity contribution in [3.05, 3.63) is 63.2 Å². The summed E-state index contributed by atoms with van der Waals surface area (Å²) in [6, 6.07) is 6.21. The number of nitrogens with zero attached hydrogens (tertiary/aromatic N) is 4. The smallest absolute Gasteiger partial charge is 0.247 e. The minimum absolute atomic E-state index is 0.0412. The zero-order valence-electron chi connectivity index (χ0n) is 13.2. The van der Waals surface area contributed by atoms with Crippen LogP contribution in [0.3, 0.4) is 0 Å². The Kier molecular flexibility index (Phi) is 5.19. The lowest BCUT2D eigenvalue weighted by atomic mass is 10.2. The summed E-state index contributed by atoms with van der Waals surface area (Å²) in [6.45, 7) is 2.22. The van der Waals surface area contributed by atoms with Crippen LogP contribution in [0.1, 0.15) is 11.3 Å². The first-order valence-corrected chi connectivity index (χ1v) is 8.54. The average Bonchev–Trinajstić information content (AvgIpc) is 3.01. The number of carbonyl (C=O) groups excluding carboxylic acids is 1. The SMILES string of the molecule is Cc1nn(CC(=O)Nc2nn(Cc3cccc(F)c3)cc2Cl)cc1Br. The van der Waals surface area contributed by atoms with Crippen molar-refractivity contribution in [1.29, 1.82) is 0 Å². The molecule has 0 saturated heterocycles. The first-order valence-electron chi connectivity index (χ1n) is 7.37. The van der Waals surface area contributed by atoms with Crippen molar-refractivity contribution in [3.8, 4) is 0 Å². The molecule has 2 aromatic heterocycles. The number of benzene rings is 1. The van der Waals surface area contributed by atoms with Crippen molar-refractivity contribution in [1.82, 2.24) is 19.6 Å². The van der Waals surface area contributed by atoms with Gasteiger partial charge >= 0.3 is 0 Å². The lowest BCUT2D eigenvalue weighted by Gasteiger charge is -2.04. The number of rotatable bonds is 5. The summed E-state index contributed by atoms with van der Waals surface area (Å²) in [6.07, 6.45) is 3.30. The molecule has 0 saturated carbocycles. The van der Waals surface area contributed by atoms with Crippen LogP contribution in [0.2, 0.25) is 5.02 Å². The molecule has 0 unspecified atom stereocenters. The molecule has 0 fully saturated rings. The van der Waals surface area contributed by atoms with Crippen LogP contribution in [0.5, 0.6) is 0 Å². The van der Waals surface area contributed by atoms with E-state index in [1.807, 2.05) is 6.92 Å². The summed E-state index contributed by atoms with van der Waals surface area (Å²) >= 11 is 9.46. The van der Waals surface area contributed by atoms with Crippen molar-refractivity contribution in [2.45, 2.75) is 20.0 Å². The van der Waals surface area contributed by atoms with Crippen molar-refractivity contribution < 1.29 is 9.18 Å². The number of amides is 1. The van der Waals surface area contributed by atoms with E-state index in [2.05, 4.69) is 31.4 Å². The predicted octanol–water partition coefficient (Wildman–Crippen LogP) is 3.63. The van der Waals surface area contributed by atoms with Gasteiger partial charge < -0.3 is 5.32 Å². The number of carbonyl (C=O) groups is 1. The second kappa shape index (κ2) is 7.37. The van der Waals surface area contributed by atoms with Crippen LogP contribution in [0.4, 0.5) is 10.2 Å². The van der Waals surface area contributed by atoms with E-state index in [1.165, 1.54) is 16.8 Å². The standard InChI is InChI=1S/C16H14BrClFN5O/c1-10-13(17)7-24(21-10)9-15(25)20-16-14(18)8-23(22-16)6-11-3-2-4-12(19)5-11/h2-5,7-8H,6,9H2,1H3,(H,20,22,25). The van der Waals surface area contributed by atoms with Crippen LogP contribution in [0.25, 0.3) is 0 Å². The summed E-state index contributed by atoms with van der Waals surface area (Å²) < 4.78 is 17.1. The Balaban J connectivity index is 1.66. The van der Waals surface area contributed by atoms with E-state index in [1.54, 1.807) is 29.2 Å². The number of aromatic nitrogens is 4. The molecule has 6 nitrogen and oxygen atoms in total. The normalized spacial score (nSPS) is 10.9. The van der Waals surface area contributed by atoms with E-state index >= 15 is 0 Å². The topological polar surface area (TPSA) is 64.7 Å². The van der Waals surface area contributed by atoms with E-state index < -0.39 is 0 Å². The van der Waals surface area contributed by atoms with Gasteiger partial charge in [-0.1, -0.05) is 23.7 Å². The number of hydrogen-bond acceptors (Lipinski definition) is 3. The summed E-state index contributed by atoms with van der Waals surface area (Å²) in [7, 11) is 0. The fourth-order valence-electron chi connectivity index (χ4n) is 2.28. The third-order valence-corrected chi connectivity index (χ3v) is 4.46. The largest absolute Gasteiger partial charge is 0.306 e. The first kappa shape index (κ1) is 17.6. The highest BCUT2D eigenvalue weighted by Gasteiger charge is 2.13. The van der Waals surface area contributed by atoms with Crippen LogP contribution in [0, 0.1) is 12.7 Å². The van der Waals surface area contributed by atoms with Crippen LogP contribution < -0.4 is 5.32 Å². The molecule has 0 radical (unpaired) electrons. The summed E-state index contributed by atoms with van der Waals surface area (Å²) in [5, 5.41) is 11.4. The Morgan fingerprint density at radius 3 is 2.80 bits per heavy atom. The summed E-state index contributed by atoms with van der Waals surface area (Å²) in [5.74, 6) is -0.358. The van der Waals surface area contributed by atoms with Gasteiger partial charge in [-0.05, 0) is 40.5 Å². The number of aryl methyl sites for hydroxylation is 1. The van der Waals surface area contributed by atoms with Gasteiger partial charge in [0.1, 0.15) is 17.4 Å². The number of nitrogens with one attached hydrogen (secondary N) is 1. The van der Waals surface area contributed by atoms with Gasteiger partial charge in [0.05, 0.1) is 16.7 Å². The van der Waals surface area contributed by atoms with Gasteiger partial charge in [0, 0.05) is 12.4 Å². The molecule has 1 N–H and O–H groups in total.